The van der Waals surface area contributed by atoms with Crippen molar-refractivity contribution in [2.45, 2.75) is 50.4 Å². The Hall–Kier alpha value is -1.80. The molecule has 0 saturated heterocycles. The van der Waals surface area contributed by atoms with Gasteiger partial charge in [0, 0.05) is 24.3 Å². The molecule has 0 aliphatic heterocycles. The summed E-state index contributed by atoms with van der Waals surface area (Å²) in [7, 11) is 1.90. The van der Waals surface area contributed by atoms with Crippen molar-refractivity contribution in [1.29, 1.82) is 0 Å². The van der Waals surface area contributed by atoms with E-state index >= 15 is 0 Å². The molecule has 0 spiro atoms. The van der Waals surface area contributed by atoms with Crippen LogP contribution in [0.25, 0.3) is 0 Å². The number of amides is 1. The van der Waals surface area contributed by atoms with E-state index in [-0.39, 0.29) is 17.1 Å². The van der Waals surface area contributed by atoms with Crippen LogP contribution in [0.3, 0.4) is 0 Å². The van der Waals surface area contributed by atoms with Crippen molar-refractivity contribution in [3.63, 3.8) is 0 Å². The van der Waals surface area contributed by atoms with E-state index in [1.54, 1.807) is 13.1 Å². The van der Waals surface area contributed by atoms with Gasteiger partial charge in [0.25, 0.3) is 0 Å². The summed E-state index contributed by atoms with van der Waals surface area (Å²) in [4.78, 5) is 30.7. The van der Waals surface area contributed by atoms with Gasteiger partial charge in [0.1, 0.15) is 5.00 Å². The van der Waals surface area contributed by atoms with Crippen LogP contribution < -0.4 is 5.32 Å². The van der Waals surface area contributed by atoms with E-state index in [2.05, 4.69) is 17.2 Å². The van der Waals surface area contributed by atoms with E-state index in [0.717, 1.165) is 30.0 Å². The molecule has 8 heteroatoms. The number of nitrogens with zero attached hydrogens (tertiary/aromatic N) is 2. The van der Waals surface area contributed by atoms with Gasteiger partial charge in [-0.2, -0.15) is 0 Å². The molecule has 146 valence electrons. The molecule has 6 nitrogen and oxygen atoms in total. The monoisotopic (exact) mass is 407 g/mol. The summed E-state index contributed by atoms with van der Waals surface area (Å²) in [5.74, 6) is 0.108. The lowest BCUT2D eigenvalue weighted by Gasteiger charge is -2.18. The zero-order valence-electron chi connectivity index (χ0n) is 16.1. The first-order valence-electron chi connectivity index (χ1n) is 9.17. The van der Waals surface area contributed by atoms with Crippen LogP contribution in [0.2, 0.25) is 0 Å². The van der Waals surface area contributed by atoms with Gasteiger partial charge in [-0.1, -0.05) is 18.7 Å². The number of ether oxygens (including phenoxy) is 1. The standard InChI is InChI=1S/C19H25N3O3S2/c1-5-25-18(24)15-13-7-6-11(2)10-14(13)27-17(15)21-16(23)12(3)26-19-20-8-9-22(19)4/h8-9,11-12H,5-7,10H2,1-4H3,(H,21,23). The Balaban J connectivity index is 1.81. The van der Waals surface area contributed by atoms with Crippen LogP contribution in [0.1, 0.15) is 48.0 Å². The molecule has 1 aliphatic rings. The number of nitrogens with one attached hydrogen (secondary N) is 1. The van der Waals surface area contributed by atoms with Gasteiger partial charge in [0.2, 0.25) is 5.91 Å². The summed E-state index contributed by atoms with van der Waals surface area (Å²) in [6.07, 6.45) is 6.41. The Morgan fingerprint density at radius 3 is 2.96 bits per heavy atom. The number of hydrogen-bond acceptors (Lipinski definition) is 6. The third-order valence-corrected chi connectivity index (χ3v) is 7.00. The van der Waals surface area contributed by atoms with E-state index in [9.17, 15) is 9.59 Å². The van der Waals surface area contributed by atoms with Gasteiger partial charge in [-0.25, -0.2) is 9.78 Å². The quantitative estimate of drug-likeness (QED) is 0.581. The highest BCUT2D eigenvalue weighted by molar-refractivity contribution is 8.00. The second-order valence-corrected chi connectivity index (χ2v) is 9.26. The summed E-state index contributed by atoms with van der Waals surface area (Å²) in [5.41, 5.74) is 1.60. The van der Waals surface area contributed by atoms with Crippen molar-refractivity contribution in [3.8, 4) is 0 Å². The van der Waals surface area contributed by atoms with Crippen molar-refractivity contribution >= 4 is 40.0 Å². The van der Waals surface area contributed by atoms with Crippen LogP contribution in [0.15, 0.2) is 17.6 Å². The predicted molar refractivity (Wildman–Crippen MR) is 109 cm³/mol. The van der Waals surface area contributed by atoms with Gasteiger partial charge in [-0.15, -0.1) is 11.3 Å². The highest BCUT2D eigenvalue weighted by Gasteiger charge is 2.30. The van der Waals surface area contributed by atoms with Crippen molar-refractivity contribution < 1.29 is 14.3 Å². The number of thioether (sulfide) groups is 1. The topological polar surface area (TPSA) is 73.2 Å². The molecule has 1 aliphatic carbocycles. The fourth-order valence-electron chi connectivity index (χ4n) is 3.15. The summed E-state index contributed by atoms with van der Waals surface area (Å²) in [6, 6.07) is 0. The van der Waals surface area contributed by atoms with E-state index in [1.807, 2.05) is 24.7 Å². The fourth-order valence-corrected chi connectivity index (χ4v) is 5.38. The normalized spacial score (nSPS) is 17.3. The summed E-state index contributed by atoms with van der Waals surface area (Å²) in [5, 5.41) is 4.04. The Morgan fingerprint density at radius 2 is 2.30 bits per heavy atom. The Morgan fingerprint density at radius 1 is 1.52 bits per heavy atom. The van der Waals surface area contributed by atoms with Crippen LogP contribution in [0.4, 0.5) is 5.00 Å². The molecule has 0 aromatic carbocycles. The van der Waals surface area contributed by atoms with Gasteiger partial charge in [0.05, 0.1) is 17.4 Å². The lowest BCUT2D eigenvalue weighted by atomic mass is 9.88. The minimum absolute atomic E-state index is 0.139. The van der Waals surface area contributed by atoms with Crippen LogP contribution in [-0.2, 0) is 29.4 Å². The molecule has 1 amide bonds. The number of fused-ring (bicyclic) bond motifs is 1. The number of rotatable bonds is 6. The number of carbonyl (C=O) groups is 2. The SMILES string of the molecule is CCOC(=O)c1c(NC(=O)C(C)Sc2nccn2C)sc2c1CCC(C)C2. The van der Waals surface area contributed by atoms with Gasteiger partial charge < -0.3 is 14.6 Å². The Labute approximate surface area is 167 Å². The van der Waals surface area contributed by atoms with Gasteiger partial charge >= 0.3 is 5.97 Å². The van der Waals surface area contributed by atoms with E-state index in [0.29, 0.717) is 23.1 Å². The number of hydrogen-bond donors (Lipinski definition) is 1. The number of esters is 1. The van der Waals surface area contributed by atoms with Crippen molar-refractivity contribution in [2.24, 2.45) is 13.0 Å². The molecule has 2 aromatic heterocycles. The molecule has 0 saturated carbocycles. The highest BCUT2D eigenvalue weighted by Crippen LogP contribution is 2.40. The van der Waals surface area contributed by atoms with Crippen molar-refractivity contribution in [1.82, 2.24) is 9.55 Å². The fraction of sp³-hybridized carbons (Fsp3) is 0.526. The lowest BCUT2D eigenvalue weighted by molar-refractivity contribution is -0.115. The smallest absolute Gasteiger partial charge is 0.341 e. The minimum Gasteiger partial charge on any atom is -0.462 e. The Bertz CT molecular complexity index is 843. The molecule has 0 fully saturated rings. The third kappa shape index (κ3) is 4.38. The molecule has 2 heterocycles. The maximum Gasteiger partial charge on any atom is 0.341 e. The van der Waals surface area contributed by atoms with E-state index < -0.39 is 0 Å². The van der Waals surface area contributed by atoms with Gasteiger partial charge in [-0.05, 0) is 44.6 Å². The van der Waals surface area contributed by atoms with Gasteiger partial charge in [0.15, 0.2) is 5.16 Å². The number of carbonyl (C=O) groups excluding carboxylic acids is 2. The van der Waals surface area contributed by atoms with Gasteiger partial charge in [-0.3, -0.25) is 4.79 Å². The van der Waals surface area contributed by atoms with Crippen LogP contribution in [0.5, 0.6) is 0 Å². The third-order valence-electron chi connectivity index (χ3n) is 4.66. The maximum absolute atomic E-state index is 12.7. The summed E-state index contributed by atoms with van der Waals surface area (Å²) >= 11 is 2.91. The van der Waals surface area contributed by atoms with Crippen LogP contribution in [0, 0.1) is 5.92 Å². The molecule has 0 radical (unpaired) electrons. The zero-order chi connectivity index (χ0) is 19.6. The predicted octanol–water partition coefficient (Wildman–Crippen LogP) is 3.90. The number of anilines is 1. The van der Waals surface area contributed by atoms with E-state index in [4.69, 9.17) is 4.74 Å². The second kappa shape index (κ2) is 8.48. The number of aromatic nitrogens is 2. The van der Waals surface area contributed by atoms with Crippen molar-refractivity contribution in [3.05, 3.63) is 28.4 Å². The number of aryl methyl sites for hydroxylation is 1. The molecule has 1 N–H and O–H groups in total. The zero-order valence-corrected chi connectivity index (χ0v) is 17.7. The molecule has 3 rings (SSSR count). The summed E-state index contributed by atoms with van der Waals surface area (Å²) in [6.45, 7) is 6.17. The highest BCUT2D eigenvalue weighted by atomic mass is 32.2. The average Bonchev–Trinajstić information content (AvgIpc) is 3.17. The van der Waals surface area contributed by atoms with E-state index in [1.165, 1.54) is 28.0 Å². The molecule has 2 atom stereocenters. The second-order valence-electron chi connectivity index (χ2n) is 6.85. The molecule has 2 unspecified atom stereocenters. The molecule has 27 heavy (non-hydrogen) atoms. The Kier molecular flexibility index (Phi) is 6.26. The number of imidazole rings is 1. The first-order chi connectivity index (χ1) is 12.9. The maximum atomic E-state index is 12.7. The molecule has 0 bridgehead atoms. The largest absolute Gasteiger partial charge is 0.462 e. The number of thiophene rings is 1. The molecule has 2 aromatic rings. The summed E-state index contributed by atoms with van der Waals surface area (Å²) < 4.78 is 7.14. The average molecular weight is 408 g/mol. The van der Waals surface area contributed by atoms with Crippen LogP contribution >= 0.6 is 23.1 Å². The molecular weight excluding hydrogens is 382 g/mol. The lowest BCUT2D eigenvalue weighted by Crippen LogP contribution is -2.23. The minimum atomic E-state index is -0.343. The first kappa shape index (κ1) is 19.9. The van der Waals surface area contributed by atoms with Crippen molar-refractivity contribution in [2.75, 3.05) is 11.9 Å². The first-order valence-corrected chi connectivity index (χ1v) is 10.9. The van der Waals surface area contributed by atoms with Crippen LogP contribution in [-0.4, -0.2) is 33.3 Å². The molecular formula is C19H25N3O3S2.